The van der Waals surface area contributed by atoms with Gasteiger partial charge in [0.05, 0.1) is 18.2 Å². The number of aromatic nitrogens is 3. The Labute approximate surface area is 95.1 Å². The molecule has 0 spiro atoms. The monoisotopic (exact) mass is 216 g/mol. The van der Waals surface area contributed by atoms with Gasteiger partial charge >= 0.3 is 0 Å². The minimum Gasteiger partial charge on any atom is -0.398 e. The van der Waals surface area contributed by atoms with Gasteiger partial charge in [-0.2, -0.15) is 0 Å². The van der Waals surface area contributed by atoms with Crippen LogP contribution in [-0.2, 0) is 6.54 Å². The van der Waals surface area contributed by atoms with Crippen LogP contribution in [0.4, 0.5) is 5.69 Å². The van der Waals surface area contributed by atoms with Gasteiger partial charge in [-0.1, -0.05) is 13.8 Å². The molecule has 2 aromatic heterocycles. The SMILES string of the molecule is CC(C)Cn1cncc1-c1cnccc1N. The Balaban J connectivity index is 2.41. The molecule has 0 amide bonds. The highest BCUT2D eigenvalue weighted by molar-refractivity contribution is 5.72. The van der Waals surface area contributed by atoms with E-state index in [2.05, 4.69) is 28.4 Å². The first kappa shape index (κ1) is 10.7. The molecule has 0 aliphatic heterocycles. The van der Waals surface area contributed by atoms with Crippen LogP contribution in [0.5, 0.6) is 0 Å². The van der Waals surface area contributed by atoms with Crippen molar-refractivity contribution >= 4 is 5.69 Å². The van der Waals surface area contributed by atoms with Crippen LogP contribution >= 0.6 is 0 Å². The number of pyridine rings is 1. The molecular weight excluding hydrogens is 200 g/mol. The average Bonchev–Trinajstić information content (AvgIpc) is 2.66. The number of nitrogens with zero attached hydrogens (tertiary/aromatic N) is 3. The van der Waals surface area contributed by atoms with Crippen molar-refractivity contribution < 1.29 is 0 Å². The molecular formula is C12H16N4. The van der Waals surface area contributed by atoms with Gasteiger partial charge in [0, 0.05) is 30.2 Å². The average molecular weight is 216 g/mol. The van der Waals surface area contributed by atoms with E-state index in [1.165, 1.54) is 0 Å². The summed E-state index contributed by atoms with van der Waals surface area (Å²) in [6.45, 7) is 5.29. The van der Waals surface area contributed by atoms with E-state index < -0.39 is 0 Å². The fourth-order valence-corrected chi connectivity index (χ4v) is 1.70. The van der Waals surface area contributed by atoms with E-state index in [9.17, 15) is 0 Å². The van der Waals surface area contributed by atoms with Crippen molar-refractivity contribution in [2.45, 2.75) is 20.4 Å². The molecule has 0 aromatic carbocycles. The fraction of sp³-hybridized carbons (Fsp3) is 0.333. The van der Waals surface area contributed by atoms with Gasteiger partial charge < -0.3 is 10.3 Å². The summed E-state index contributed by atoms with van der Waals surface area (Å²) < 4.78 is 2.11. The second-order valence-corrected chi connectivity index (χ2v) is 4.29. The number of imidazole rings is 1. The van der Waals surface area contributed by atoms with E-state index in [1.54, 1.807) is 12.4 Å². The van der Waals surface area contributed by atoms with E-state index in [0.29, 0.717) is 5.92 Å². The third-order valence-corrected chi connectivity index (χ3v) is 2.40. The molecule has 16 heavy (non-hydrogen) atoms. The van der Waals surface area contributed by atoms with Crippen LogP contribution in [0.15, 0.2) is 31.0 Å². The maximum atomic E-state index is 5.93. The minimum atomic E-state index is 0.575. The molecule has 0 unspecified atom stereocenters. The number of anilines is 1. The molecule has 0 fully saturated rings. The van der Waals surface area contributed by atoms with Crippen LogP contribution in [0.2, 0.25) is 0 Å². The highest BCUT2D eigenvalue weighted by atomic mass is 15.0. The first-order chi connectivity index (χ1) is 7.68. The van der Waals surface area contributed by atoms with Gasteiger partial charge in [0.25, 0.3) is 0 Å². The zero-order chi connectivity index (χ0) is 11.5. The lowest BCUT2D eigenvalue weighted by molar-refractivity contribution is 0.526. The summed E-state index contributed by atoms with van der Waals surface area (Å²) in [5.74, 6) is 0.575. The largest absolute Gasteiger partial charge is 0.398 e. The quantitative estimate of drug-likeness (QED) is 0.855. The van der Waals surface area contributed by atoms with E-state index in [4.69, 9.17) is 5.73 Å². The molecule has 0 radical (unpaired) electrons. The summed E-state index contributed by atoms with van der Waals surface area (Å²) >= 11 is 0. The molecule has 0 saturated carbocycles. The van der Waals surface area contributed by atoms with Crippen molar-refractivity contribution in [1.82, 2.24) is 14.5 Å². The van der Waals surface area contributed by atoms with Crippen LogP contribution < -0.4 is 5.73 Å². The number of nitrogen functional groups attached to an aromatic ring is 1. The predicted molar refractivity (Wildman–Crippen MR) is 64.7 cm³/mol. The highest BCUT2D eigenvalue weighted by Crippen LogP contribution is 2.24. The molecule has 2 rings (SSSR count). The molecule has 84 valence electrons. The zero-order valence-corrected chi connectivity index (χ0v) is 9.59. The summed E-state index contributed by atoms with van der Waals surface area (Å²) in [4.78, 5) is 8.27. The van der Waals surface area contributed by atoms with Crippen molar-refractivity contribution in [2.75, 3.05) is 5.73 Å². The van der Waals surface area contributed by atoms with E-state index >= 15 is 0 Å². The first-order valence-corrected chi connectivity index (χ1v) is 5.38. The lowest BCUT2D eigenvalue weighted by Gasteiger charge is -2.11. The van der Waals surface area contributed by atoms with Crippen LogP contribution in [-0.4, -0.2) is 14.5 Å². The normalized spacial score (nSPS) is 10.9. The summed E-state index contributed by atoms with van der Waals surface area (Å²) in [6, 6.07) is 1.81. The molecule has 2 N–H and O–H groups in total. The van der Waals surface area contributed by atoms with E-state index in [-0.39, 0.29) is 0 Å². The van der Waals surface area contributed by atoms with Crippen molar-refractivity contribution in [2.24, 2.45) is 5.92 Å². The standard InChI is InChI=1S/C12H16N4/c1-9(2)7-16-8-15-6-12(16)10-5-14-4-3-11(10)13/h3-6,8-9H,7H2,1-2H3,(H2,13,14). The van der Waals surface area contributed by atoms with Gasteiger partial charge in [-0.3, -0.25) is 4.98 Å². The topological polar surface area (TPSA) is 56.7 Å². The zero-order valence-electron chi connectivity index (χ0n) is 9.59. The van der Waals surface area contributed by atoms with Gasteiger partial charge in [-0.25, -0.2) is 4.98 Å². The van der Waals surface area contributed by atoms with Crippen molar-refractivity contribution in [1.29, 1.82) is 0 Å². The number of hydrogen-bond acceptors (Lipinski definition) is 3. The predicted octanol–water partition coefficient (Wildman–Crippen LogP) is 2.18. The van der Waals surface area contributed by atoms with Crippen molar-refractivity contribution in [3.63, 3.8) is 0 Å². The molecule has 4 heteroatoms. The second-order valence-electron chi connectivity index (χ2n) is 4.29. The van der Waals surface area contributed by atoms with Crippen LogP contribution in [0.3, 0.4) is 0 Å². The lowest BCUT2D eigenvalue weighted by atomic mass is 10.1. The summed E-state index contributed by atoms with van der Waals surface area (Å²) in [6.07, 6.45) is 7.14. The minimum absolute atomic E-state index is 0.575. The lowest BCUT2D eigenvalue weighted by Crippen LogP contribution is -2.05. The molecule has 0 saturated heterocycles. The molecule has 0 bridgehead atoms. The Morgan fingerprint density at radius 1 is 1.31 bits per heavy atom. The number of nitrogens with two attached hydrogens (primary N) is 1. The van der Waals surface area contributed by atoms with E-state index in [1.807, 2.05) is 18.6 Å². The maximum absolute atomic E-state index is 5.93. The first-order valence-electron chi connectivity index (χ1n) is 5.38. The third kappa shape index (κ3) is 2.05. The van der Waals surface area contributed by atoms with Gasteiger partial charge in [0.2, 0.25) is 0 Å². The Bertz CT molecular complexity index is 473. The molecule has 2 heterocycles. The highest BCUT2D eigenvalue weighted by Gasteiger charge is 2.09. The van der Waals surface area contributed by atoms with Crippen LogP contribution in [0.1, 0.15) is 13.8 Å². The summed E-state index contributed by atoms with van der Waals surface area (Å²) in [7, 11) is 0. The Hall–Kier alpha value is -1.84. The summed E-state index contributed by atoms with van der Waals surface area (Å²) in [5.41, 5.74) is 8.64. The molecule has 4 nitrogen and oxygen atoms in total. The maximum Gasteiger partial charge on any atom is 0.0951 e. The molecule has 0 aliphatic carbocycles. The molecule has 0 aliphatic rings. The fourth-order valence-electron chi connectivity index (χ4n) is 1.70. The van der Waals surface area contributed by atoms with E-state index in [0.717, 1.165) is 23.5 Å². The number of hydrogen-bond donors (Lipinski definition) is 1. The van der Waals surface area contributed by atoms with Gasteiger partial charge in [0.1, 0.15) is 0 Å². The molecule has 0 atom stereocenters. The van der Waals surface area contributed by atoms with Crippen molar-refractivity contribution in [3.05, 3.63) is 31.0 Å². The summed E-state index contributed by atoms with van der Waals surface area (Å²) in [5, 5.41) is 0. The third-order valence-electron chi connectivity index (χ3n) is 2.40. The second kappa shape index (κ2) is 4.35. The van der Waals surface area contributed by atoms with Crippen LogP contribution in [0.25, 0.3) is 11.3 Å². The Kier molecular flexibility index (Phi) is 2.90. The van der Waals surface area contributed by atoms with Gasteiger partial charge in [-0.15, -0.1) is 0 Å². The van der Waals surface area contributed by atoms with Gasteiger partial charge in [-0.05, 0) is 12.0 Å². The van der Waals surface area contributed by atoms with Gasteiger partial charge in [0.15, 0.2) is 0 Å². The van der Waals surface area contributed by atoms with Crippen LogP contribution in [0, 0.1) is 5.92 Å². The number of rotatable bonds is 3. The Morgan fingerprint density at radius 2 is 2.12 bits per heavy atom. The van der Waals surface area contributed by atoms with Crippen molar-refractivity contribution in [3.8, 4) is 11.3 Å². The molecule has 2 aromatic rings. The smallest absolute Gasteiger partial charge is 0.0951 e. The Morgan fingerprint density at radius 3 is 2.81 bits per heavy atom.